The van der Waals surface area contributed by atoms with Crippen LogP contribution < -0.4 is 0 Å². The van der Waals surface area contributed by atoms with Crippen molar-refractivity contribution < 1.29 is 4.39 Å². The molecule has 1 aliphatic carbocycles. The van der Waals surface area contributed by atoms with Crippen molar-refractivity contribution in [3.63, 3.8) is 0 Å². The molecular weight excluding hydrogens is 391 g/mol. The van der Waals surface area contributed by atoms with Gasteiger partial charge in [0.15, 0.2) is 0 Å². The highest BCUT2D eigenvalue weighted by Crippen LogP contribution is 2.45. The maximum atomic E-state index is 14.4. The second kappa shape index (κ2) is 7.03. The molecule has 0 amide bonds. The van der Waals surface area contributed by atoms with Crippen LogP contribution >= 0.6 is 15.9 Å². The number of rotatable bonds is 2. The van der Waals surface area contributed by atoms with Gasteiger partial charge in [0.1, 0.15) is 5.82 Å². The first-order valence-electron chi connectivity index (χ1n) is 10.3. The lowest BCUT2D eigenvalue weighted by atomic mass is 9.68. The van der Waals surface area contributed by atoms with Gasteiger partial charge in [-0.15, -0.1) is 0 Å². The molecule has 140 valence electrons. The van der Waals surface area contributed by atoms with Crippen LogP contribution in [0.2, 0.25) is 0 Å². The lowest BCUT2D eigenvalue weighted by Gasteiger charge is -2.54. The van der Waals surface area contributed by atoms with Crippen LogP contribution in [0.15, 0.2) is 34.3 Å². The molecule has 3 heterocycles. The first-order chi connectivity index (χ1) is 12.7. The molecule has 5 rings (SSSR count). The number of likely N-dealkylation sites (tertiary alicyclic amines) is 1. The van der Waals surface area contributed by atoms with Crippen molar-refractivity contribution in [2.24, 2.45) is 11.8 Å². The van der Waals surface area contributed by atoms with Gasteiger partial charge in [0.05, 0.1) is 0 Å². The molecule has 4 atom stereocenters. The molecule has 0 spiro atoms. The van der Waals surface area contributed by atoms with Gasteiger partial charge < -0.3 is 0 Å². The van der Waals surface area contributed by atoms with Crippen LogP contribution in [0.1, 0.15) is 44.1 Å². The molecule has 3 fully saturated rings. The summed E-state index contributed by atoms with van der Waals surface area (Å²) in [5, 5.41) is 0. The van der Waals surface area contributed by atoms with E-state index >= 15 is 0 Å². The summed E-state index contributed by atoms with van der Waals surface area (Å²) >= 11 is 3.38. The fourth-order valence-electron chi connectivity index (χ4n) is 6.13. The van der Waals surface area contributed by atoms with Gasteiger partial charge in [-0.1, -0.05) is 40.1 Å². The van der Waals surface area contributed by atoms with Gasteiger partial charge in [-0.05, 0) is 69.2 Å². The molecule has 1 aromatic carbocycles. The summed E-state index contributed by atoms with van der Waals surface area (Å²) in [6.45, 7) is 4.38. The number of halogens is 2. The van der Waals surface area contributed by atoms with Crippen LogP contribution in [0.4, 0.5) is 4.39 Å². The van der Waals surface area contributed by atoms with Gasteiger partial charge in [-0.3, -0.25) is 9.80 Å². The Labute approximate surface area is 164 Å². The molecule has 4 heteroatoms. The van der Waals surface area contributed by atoms with Gasteiger partial charge in [-0.2, -0.15) is 0 Å². The first-order valence-corrected chi connectivity index (χ1v) is 11.1. The van der Waals surface area contributed by atoms with Crippen molar-refractivity contribution in [3.05, 3.63) is 45.7 Å². The molecule has 3 aliphatic heterocycles. The van der Waals surface area contributed by atoms with Crippen molar-refractivity contribution in [3.8, 4) is 0 Å². The fourth-order valence-corrected chi connectivity index (χ4v) is 6.46. The summed E-state index contributed by atoms with van der Waals surface area (Å²) in [6, 6.07) is 6.85. The lowest BCUT2D eigenvalue weighted by molar-refractivity contribution is -0.00285. The van der Waals surface area contributed by atoms with E-state index in [0.717, 1.165) is 41.0 Å². The lowest BCUT2D eigenvalue weighted by Crippen LogP contribution is -2.59. The average Bonchev–Trinajstić information content (AvgIpc) is 2.64. The third-order valence-corrected chi connectivity index (χ3v) is 7.64. The van der Waals surface area contributed by atoms with Crippen molar-refractivity contribution in [2.75, 3.05) is 19.6 Å². The third-order valence-electron chi connectivity index (χ3n) is 7.15. The highest BCUT2D eigenvalue weighted by molar-refractivity contribution is 9.10. The Bertz CT molecular complexity index is 718. The number of hydrogen-bond donors (Lipinski definition) is 0. The highest BCUT2D eigenvalue weighted by atomic mass is 79.9. The van der Waals surface area contributed by atoms with Crippen molar-refractivity contribution in [1.82, 2.24) is 9.80 Å². The van der Waals surface area contributed by atoms with Crippen LogP contribution in [-0.4, -0.2) is 41.5 Å². The molecule has 1 aromatic rings. The van der Waals surface area contributed by atoms with Crippen molar-refractivity contribution in [2.45, 2.75) is 57.2 Å². The molecule has 0 N–H and O–H groups in total. The minimum absolute atomic E-state index is 0.0797. The standard InChI is InChI=1S/C22H28BrFN2/c23-19-7-6-16(20(24)12-19)13-26-9-3-4-15-10-17-11-18(22(15)26)14-25-8-2-1-5-21(17)25/h6-7,10,12,17-18,21-22H,1-5,8-9,11,13-14H2/t17?,18?,21-,22-/m1/s1. The van der Waals surface area contributed by atoms with Crippen LogP contribution in [-0.2, 0) is 6.54 Å². The monoisotopic (exact) mass is 418 g/mol. The van der Waals surface area contributed by atoms with Gasteiger partial charge in [0, 0.05) is 35.2 Å². The van der Waals surface area contributed by atoms with Crippen LogP contribution in [0.25, 0.3) is 0 Å². The van der Waals surface area contributed by atoms with Gasteiger partial charge in [0.2, 0.25) is 0 Å². The SMILES string of the molecule is Fc1cc(Br)ccc1CN1CCCC2=CC3CC(CN4CCCC[C@H]34)[C@@H]21. The molecule has 3 saturated heterocycles. The maximum Gasteiger partial charge on any atom is 0.128 e. The number of hydrogen-bond acceptors (Lipinski definition) is 2. The highest BCUT2D eigenvalue weighted by Gasteiger charge is 2.45. The smallest absolute Gasteiger partial charge is 0.128 e. The predicted molar refractivity (Wildman–Crippen MR) is 106 cm³/mol. The molecule has 26 heavy (non-hydrogen) atoms. The van der Waals surface area contributed by atoms with Crippen molar-refractivity contribution >= 4 is 15.9 Å². The third kappa shape index (κ3) is 3.08. The summed E-state index contributed by atoms with van der Waals surface area (Å²) in [5.74, 6) is 1.42. The number of piperidine rings is 3. The molecule has 4 aliphatic rings. The second-order valence-electron chi connectivity index (χ2n) is 8.71. The van der Waals surface area contributed by atoms with E-state index in [1.807, 2.05) is 12.1 Å². The summed E-state index contributed by atoms with van der Waals surface area (Å²) in [7, 11) is 0. The Morgan fingerprint density at radius 2 is 2.08 bits per heavy atom. The number of benzene rings is 1. The number of nitrogens with zero attached hydrogens (tertiary/aromatic N) is 2. The predicted octanol–water partition coefficient (Wildman–Crippen LogP) is 4.98. The molecule has 2 bridgehead atoms. The number of fused-ring (bicyclic) bond motifs is 6. The average molecular weight is 419 g/mol. The van der Waals surface area contributed by atoms with Gasteiger partial charge in [0.25, 0.3) is 0 Å². The first kappa shape index (κ1) is 17.4. The Morgan fingerprint density at radius 1 is 1.15 bits per heavy atom. The fraction of sp³-hybridized carbons (Fsp3) is 0.636. The van der Waals surface area contributed by atoms with E-state index in [1.165, 1.54) is 51.6 Å². The van der Waals surface area contributed by atoms with E-state index in [-0.39, 0.29) is 5.82 Å². The molecular formula is C22H28BrFN2. The minimum Gasteiger partial charge on any atom is -0.299 e. The second-order valence-corrected chi connectivity index (χ2v) is 9.63. The van der Waals surface area contributed by atoms with E-state index in [1.54, 1.807) is 11.6 Å². The van der Waals surface area contributed by atoms with E-state index in [2.05, 4.69) is 31.8 Å². The van der Waals surface area contributed by atoms with Gasteiger partial charge >= 0.3 is 0 Å². The molecule has 0 saturated carbocycles. The van der Waals surface area contributed by atoms with Crippen LogP contribution in [0.3, 0.4) is 0 Å². The minimum atomic E-state index is -0.0797. The summed E-state index contributed by atoms with van der Waals surface area (Å²) < 4.78 is 15.2. The Kier molecular flexibility index (Phi) is 4.70. The van der Waals surface area contributed by atoms with E-state index in [4.69, 9.17) is 0 Å². The summed E-state index contributed by atoms with van der Waals surface area (Å²) in [4.78, 5) is 5.36. The van der Waals surface area contributed by atoms with Crippen LogP contribution in [0, 0.1) is 17.7 Å². The summed E-state index contributed by atoms with van der Waals surface area (Å²) in [5.41, 5.74) is 2.50. The quantitative estimate of drug-likeness (QED) is 0.624. The molecule has 2 unspecified atom stereocenters. The normalized spacial score (nSPS) is 34.8. The summed E-state index contributed by atoms with van der Waals surface area (Å²) in [6.07, 6.45) is 10.6. The van der Waals surface area contributed by atoms with Crippen molar-refractivity contribution in [1.29, 1.82) is 0 Å². The topological polar surface area (TPSA) is 6.48 Å². The Morgan fingerprint density at radius 3 is 2.96 bits per heavy atom. The van der Waals surface area contributed by atoms with Gasteiger partial charge in [-0.25, -0.2) is 4.39 Å². The zero-order chi connectivity index (χ0) is 17.7. The van der Waals surface area contributed by atoms with E-state index in [0.29, 0.717) is 6.04 Å². The molecule has 0 radical (unpaired) electrons. The maximum absolute atomic E-state index is 14.4. The Hall–Kier alpha value is -0.710. The molecule has 0 aromatic heterocycles. The zero-order valence-corrected chi connectivity index (χ0v) is 16.9. The van der Waals surface area contributed by atoms with Crippen LogP contribution in [0.5, 0.6) is 0 Å². The van der Waals surface area contributed by atoms with E-state index in [9.17, 15) is 4.39 Å². The Balaban J connectivity index is 1.42. The largest absolute Gasteiger partial charge is 0.299 e. The van der Waals surface area contributed by atoms with E-state index < -0.39 is 0 Å². The molecule has 2 nitrogen and oxygen atoms in total. The zero-order valence-electron chi connectivity index (χ0n) is 15.3.